The second-order valence-electron chi connectivity index (χ2n) is 4.82. The largest absolute Gasteiger partial charge is 0.339 e. The van der Waals surface area contributed by atoms with Gasteiger partial charge in [-0.2, -0.15) is 0 Å². The lowest BCUT2D eigenvalue weighted by Crippen LogP contribution is -2.34. The second kappa shape index (κ2) is 6.24. The number of rotatable bonds is 4. The Bertz CT molecular complexity index is 629. The molecule has 0 heterocycles. The zero-order chi connectivity index (χ0) is 15.7. The highest BCUT2D eigenvalue weighted by Crippen LogP contribution is 2.27. The van der Waals surface area contributed by atoms with Gasteiger partial charge in [-0.15, -0.1) is 0 Å². The molecule has 0 aliphatic heterocycles. The number of amides is 1. The van der Waals surface area contributed by atoms with Crippen LogP contribution in [-0.4, -0.2) is 32.3 Å². The molecule has 2 N–H and O–H groups in total. The molecule has 0 fully saturated rings. The fraction of sp³-hybridized carbons (Fsp3) is 0.462. The van der Waals surface area contributed by atoms with Gasteiger partial charge in [0.1, 0.15) is 0 Å². The lowest BCUT2D eigenvalue weighted by atomic mass is 10.1. The predicted octanol–water partition coefficient (Wildman–Crippen LogP) is 2.28. The van der Waals surface area contributed by atoms with Crippen molar-refractivity contribution < 1.29 is 13.2 Å². The summed E-state index contributed by atoms with van der Waals surface area (Å²) in [4.78, 5) is 13.9. The Kier molecular flexibility index (Phi) is 5.34. The molecule has 0 aliphatic carbocycles. The maximum Gasteiger partial charge on any atom is 0.253 e. The van der Waals surface area contributed by atoms with E-state index in [4.69, 9.17) is 5.14 Å². The fourth-order valence-electron chi connectivity index (χ4n) is 1.75. The standard InChI is InChI=1S/C13H19BrN2O3S/c1-5-9(3)16(4)13(17)10-6-8(2)12(14)11(7-10)20(15,18)19/h6-7,9H,5H2,1-4H3,(H2,15,18,19). The summed E-state index contributed by atoms with van der Waals surface area (Å²) in [6, 6.07) is 3.04. The average molecular weight is 363 g/mol. The van der Waals surface area contributed by atoms with Crippen LogP contribution in [0.1, 0.15) is 36.2 Å². The van der Waals surface area contributed by atoms with Crippen molar-refractivity contribution in [3.05, 3.63) is 27.7 Å². The number of aryl methyl sites for hydroxylation is 1. The van der Waals surface area contributed by atoms with E-state index in [0.717, 1.165) is 6.42 Å². The van der Waals surface area contributed by atoms with E-state index in [1.807, 2.05) is 13.8 Å². The van der Waals surface area contributed by atoms with Gasteiger partial charge >= 0.3 is 0 Å². The Morgan fingerprint density at radius 2 is 2.00 bits per heavy atom. The Morgan fingerprint density at radius 1 is 1.45 bits per heavy atom. The molecule has 0 aliphatic rings. The van der Waals surface area contributed by atoms with E-state index in [9.17, 15) is 13.2 Å². The highest BCUT2D eigenvalue weighted by atomic mass is 79.9. The summed E-state index contributed by atoms with van der Waals surface area (Å²) < 4.78 is 23.5. The molecule has 0 saturated carbocycles. The van der Waals surface area contributed by atoms with Gasteiger partial charge in [0, 0.05) is 23.1 Å². The van der Waals surface area contributed by atoms with E-state index in [1.54, 1.807) is 24.9 Å². The fourth-order valence-corrected chi connectivity index (χ4v) is 3.35. The van der Waals surface area contributed by atoms with Gasteiger partial charge in [0.25, 0.3) is 5.91 Å². The summed E-state index contributed by atoms with van der Waals surface area (Å²) in [5.41, 5.74) is 0.968. The molecule has 1 atom stereocenters. The molecule has 20 heavy (non-hydrogen) atoms. The number of carbonyl (C=O) groups is 1. The summed E-state index contributed by atoms with van der Waals surface area (Å²) in [6.07, 6.45) is 0.819. The Labute approximate surface area is 128 Å². The van der Waals surface area contributed by atoms with Crippen molar-refractivity contribution in [2.24, 2.45) is 5.14 Å². The minimum absolute atomic E-state index is 0.0709. The summed E-state index contributed by atoms with van der Waals surface area (Å²) in [5.74, 6) is -0.222. The van der Waals surface area contributed by atoms with Crippen molar-refractivity contribution in [3.63, 3.8) is 0 Å². The molecular formula is C13H19BrN2O3S. The first-order chi connectivity index (χ1) is 9.09. The number of primary sulfonamides is 1. The topological polar surface area (TPSA) is 80.5 Å². The van der Waals surface area contributed by atoms with Gasteiger partial charge < -0.3 is 4.90 Å². The lowest BCUT2D eigenvalue weighted by molar-refractivity contribution is 0.0740. The molecule has 1 amide bonds. The van der Waals surface area contributed by atoms with Crippen LogP contribution < -0.4 is 5.14 Å². The van der Waals surface area contributed by atoms with E-state index in [0.29, 0.717) is 15.6 Å². The van der Waals surface area contributed by atoms with Gasteiger partial charge in [-0.05, 0) is 53.9 Å². The second-order valence-corrected chi connectivity index (χ2v) is 7.15. The molecule has 0 bridgehead atoms. The number of hydrogen-bond donors (Lipinski definition) is 1. The molecule has 0 aromatic heterocycles. The summed E-state index contributed by atoms with van der Waals surface area (Å²) in [7, 11) is -2.18. The van der Waals surface area contributed by atoms with Gasteiger partial charge in [0.2, 0.25) is 10.0 Å². The smallest absolute Gasteiger partial charge is 0.253 e. The maximum absolute atomic E-state index is 12.4. The Balaban J connectivity index is 3.35. The van der Waals surface area contributed by atoms with Crippen LogP contribution >= 0.6 is 15.9 Å². The molecular weight excluding hydrogens is 344 g/mol. The molecule has 1 rings (SSSR count). The molecule has 7 heteroatoms. The molecule has 1 aromatic rings. The zero-order valence-electron chi connectivity index (χ0n) is 12.0. The number of halogens is 1. The molecule has 0 saturated heterocycles. The average Bonchev–Trinajstić information content (AvgIpc) is 2.37. The molecule has 0 radical (unpaired) electrons. The highest BCUT2D eigenvalue weighted by molar-refractivity contribution is 9.10. The van der Waals surface area contributed by atoms with E-state index >= 15 is 0 Å². The third-order valence-corrected chi connectivity index (χ3v) is 5.60. The van der Waals surface area contributed by atoms with Crippen molar-refractivity contribution in [1.29, 1.82) is 0 Å². The quantitative estimate of drug-likeness (QED) is 0.891. The van der Waals surface area contributed by atoms with Gasteiger partial charge in [-0.25, -0.2) is 13.6 Å². The van der Waals surface area contributed by atoms with Crippen LogP contribution in [0.15, 0.2) is 21.5 Å². The SMILES string of the molecule is CCC(C)N(C)C(=O)c1cc(C)c(Br)c(S(N)(=O)=O)c1. The number of benzene rings is 1. The number of sulfonamides is 1. The Hall–Kier alpha value is -0.920. The van der Waals surface area contributed by atoms with Crippen LogP contribution in [0.4, 0.5) is 0 Å². The van der Waals surface area contributed by atoms with E-state index in [1.165, 1.54) is 6.07 Å². The van der Waals surface area contributed by atoms with Gasteiger partial charge in [0.05, 0.1) is 4.90 Å². The normalized spacial score (nSPS) is 13.1. The Morgan fingerprint density at radius 3 is 2.45 bits per heavy atom. The van der Waals surface area contributed by atoms with E-state index in [2.05, 4.69) is 15.9 Å². The summed E-state index contributed by atoms with van der Waals surface area (Å²) in [6.45, 7) is 5.64. The highest BCUT2D eigenvalue weighted by Gasteiger charge is 2.21. The van der Waals surface area contributed by atoms with Gasteiger partial charge in [-0.1, -0.05) is 6.92 Å². The summed E-state index contributed by atoms with van der Waals surface area (Å²) >= 11 is 3.19. The van der Waals surface area contributed by atoms with E-state index < -0.39 is 10.0 Å². The van der Waals surface area contributed by atoms with Crippen molar-refractivity contribution in [2.45, 2.75) is 38.1 Å². The van der Waals surface area contributed by atoms with Crippen molar-refractivity contribution in [3.8, 4) is 0 Å². The first-order valence-corrected chi connectivity index (χ1v) is 8.53. The van der Waals surface area contributed by atoms with Crippen LogP contribution in [0.25, 0.3) is 0 Å². The van der Waals surface area contributed by atoms with Crippen molar-refractivity contribution >= 4 is 31.9 Å². The number of hydrogen-bond acceptors (Lipinski definition) is 3. The number of carbonyl (C=O) groups excluding carboxylic acids is 1. The first kappa shape index (κ1) is 17.1. The third kappa shape index (κ3) is 3.59. The number of nitrogens with two attached hydrogens (primary N) is 1. The van der Waals surface area contributed by atoms with E-state index in [-0.39, 0.29) is 16.8 Å². The van der Waals surface area contributed by atoms with Crippen LogP contribution in [0, 0.1) is 6.92 Å². The predicted molar refractivity (Wildman–Crippen MR) is 82.1 cm³/mol. The molecule has 1 unspecified atom stereocenters. The molecule has 112 valence electrons. The van der Waals surface area contributed by atoms with Crippen molar-refractivity contribution in [2.75, 3.05) is 7.05 Å². The van der Waals surface area contributed by atoms with Crippen LogP contribution in [-0.2, 0) is 10.0 Å². The molecule has 5 nitrogen and oxygen atoms in total. The summed E-state index contributed by atoms with van der Waals surface area (Å²) in [5, 5.41) is 5.17. The first-order valence-electron chi connectivity index (χ1n) is 6.19. The van der Waals surface area contributed by atoms with Gasteiger partial charge in [0.15, 0.2) is 0 Å². The number of nitrogens with zero attached hydrogens (tertiary/aromatic N) is 1. The molecule has 1 aromatic carbocycles. The lowest BCUT2D eigenvalue weighted by Gasteiger charge is -2.24. The van der Waals surface area contributed by atoms with Crippen molar-refractivity contribution in [1.82, 2.24) is 4.90 Å². The third-order valence-electron chi connectivity index (χ3n) is 3.35. The maximum atomic E-state index is 12.4. The van der Waals surface area contributed by atoms with Crippen LogP contribution in [0.5, 0.6) is 0 Å². The van der Waals surface area contributed by atoms with Crippen LogP contribution in [0.3, 0.4) is 0 Å². The monoisotopic (exact) mass is 362 g/mol. The molecule has 0 spiro atoms. The van der Waals surface area contributed by atoms with Crippen LogP contribution in [0.2, 0.25) is 0 Å². The minimum atomic E-state index is -3.88. The zero-order valence-corrected chi connectivity index (χ0v) is 14.4. The minimum Gasteiger partial charge on any atom is -0.339 e. The van der Waals surface area contributed by atoms with Gasteiger partial charge in [-0.3, -0.25) is 4.79 Å².